The van der Waals surface area contributed by atoms with Gasteiger partial charge in [-0.05, 0) is 29.7 Å². The minimum Gasteiger partial charge on any atom is -0.467 e. The van der Waals surface area contributed by atoms with Gasteiger partial charge < -0.3 is 33.2 Å². The second-order valence-electron chi connectivity index (χ2n) is 9.20. The van der Waals surface area contributed by atoms with Gasteiger partial charge in [0.25, 0.3) is 0 Å². The monoisotopic (exact) mass is 542 g/mol. The molecule has 0 N–H and O–H groups in total. The highest BCUT2D eigenvalue weighted by Crippen LogP contribution is 2.48. The zero-order valence-electron chi connectivity index (χ0n) is 22.0. The molecule has 11 heteroatoms. The van der Waals surface area contributed by atoms with Gasteiger partial charge in [0.1, 0.15) is 18.5 Å². The lowest BCUT2D eigenvalue weighted by Crippen LogP contribution is -2.68. The molecule has 2 aliphatic heterocycles. The van der Waals surface area contributed by atoms with Crippen LogP contribution in [0.25, 0.3) is 0 Å². The summed E-state index contributed by atoms with van der Waals surface area (Å²) < 4.78 is 40.1. The molecule has 1 saturated heterocycles. The van der Waals surface area contributed by atoms with Crippen LogP contribution in [0.1, 0.15) is 44.4 Å². The molecule has 0 radical (unpaired) electrons. The standard InChI is InChI=1S/C28H30O11/c1-16(29)33-14-24-25(36-17(2)30)26(37-18(3)31)27(38-19(4)32)28(39-24)22-13-21(10-11-23(22)34-15-35-28)12-20-8-6-5-7-9-20/h5-11,13,24-27H,12,14-15H2,1-4H3/t24-,25-,26+,27-,28+/m1/s1. The number of esters is 4. The fourth-order valence-electron chi connectivity index (χ4n) is 4.77. The van der Waals surface area contributed by atoms with Crippen LogP contribution in [0.4, 0.5) is 0 Å². The Morgan fingerprint density at radius 3 is 2.13 bits per heavy atom. The molecule has 4 rings (SSSR count). The Morgan fingerprint density at radius 2 is 1.49 bits per heavy atom. The highest BCUT2D eigenvalue weighted by Gasteiger charge is 2.63. The summed E-state index contributed by atoms with van der Waals surface area (Å²) in [7, 11) is 0. The van der Waals surface area contributed by atoms with E-state index in [-0.39, 0.29) is 13.4 Å². The van der Waals surface area contributed by atoms with E-state index in [4.69, 9.17) is 33.2 Å². The maximum absolute atomic E-state index is 12.3. The first-order valence-corrected chi connectivity index (χ1v) is 12.4. The molecule has 5 atom stereocenters. The van der Waals surface area contributed by atoms with Crippen molar-refractivity contribution in [3.8, 4) is 5.75 Å². The normalized spacial score (nSPS) is 25.5. The van der Waals surface area contributed by atoms with E-state index in [0.29, 0.717) is 17.7 Å². The van der Waals surface area contributed by atoms with E-state index in [1.54, 1.807) is 12.1 Å². The number of hydrogen-bond acceptors (Lipinski definition) is 11. The van der Waals surface area contributed by atoms with Crippen molar-refractivity contribution in [1.29, 1.82) is 0 Å². The summed E-state index contributed by atoms with van der Waals surface area (Å²) in [6.07, 6.45) is -4.72. The molecule has 0 aliphatic carbocycles. The summed E-state index contributed by atoms with van der Waals surface area (Å²) in [5, 5.41) is 0. The Morgan fingerprint density at radius 1 is 0.821 bits per heavy atom. The van der Waals surface area contributed by atoms with E-state index in [0.717, 1.165) is 25.0 Å². The van der Waals surface area contributed by atoms with Gasteiger partial charge in [0.2, 0.25) is 11.9 Å². The molecule has 208 valence electrons. The third-order valence-corrected chi connectivity index (χ3v) is 6.20. The van der Waals surface area contributed by atoms with Crippen molar-refractivity contribution in [2.45, 2.75) is 64.3 Å². The van der Waals surface area contributed by atoms with Gasteiger partial charge in [-0.25, -0.2) is 0 Å². The van der Waals surface area contributed by atoms with Crippen molar-refractivity contribution >= 4 is 23.9 Å². The van der Waals surface area contributed by atoms with E-state index in [2.05, 4.69) is 0 Å². The zero-order chi connectivity index (χ0) is 28.2. The lowest BCUT2D eigenvalue weighted by atomic mass is 9.85. The fourth-order valence-corrected chi connectivity index (χ4v) is 4.77. The van der Waals surface area contributed by atoms with Crippen LogP contribution >= 0.6 is 0 Å². The maximum atomic E-state index is 12.3. The fraction of sp³-hybridized carbons (Fsp3) is 0.429. The number of carbonyl (C=O) groups excluding carboxylic acids is 4. The Kier molecular flexibility index (Phi) is 8.51. The average Bonchev–Trinajstić information content (AvgIpc) is 2.87. The van der Waals surface area contributed by atoms with Gasteiger partial charge in [-0.3, -0.25) is 19.2 Å². The summed E-state index contributed by atoms with van der Waals surface area (Å²) in [5.74, 6) is -4.27. The third-order valence-electron chi connectivity index (χ3n) is 6.20. The van der Waals surface area contributed by atoms with Crippen molar-refractivity contribution in [1.82, 2.24) is 0 Å². The molecule has 0 unspecified atom stereocenters. The maximum Gasteiger partial charge on any atom is 0.303 e. The van der Waals surface area contributed by atoms with Gasteiger partial charge in [-0.2, -0.15) is 0 Å². The van der Waals surface area contributed by atoms with Crippen LogP contribution < -0.4 is 4.74 Å². The van der Waals surface area contributed by atoms with Gasteiger partial charge in [0, 0.05) is 27.7 Å². The molecular weight excluding hydrogens is 512 g/mol. The smallest absolute Gasteiger partial charge is 0.303 e. The van der Waals surface area contributed by atoms with Gasteiger partial charge in [-0.15, -0.1) is 0 Å². The molecule has 0 amide bonds. The summed E-state index contributed by atoms with van der Waals surface area (Å²) in [4.78, 5) is 48.3. The highest BCUT2D eigenvalue weighted by atomic mass is 16.8. The summed E-state index contributed by atoms with van der Waals surface area (Å²) in [5.41, 5.74) is 2.27. The van der Waals surface area contributed by atoms with Crippen LogP contribution in [-0.4, -0.2) is 61.7 Å². The summed E-state index contributed by atoms with van der Waals surface area (Å²) in [6, 6.07) is 15.2. The predicted octanol–water partition coefficient (Wildman–Crippen LogP) is 2.55. The Hall–Kier alpha value is -3.96. The molecule has 1 spiro atoms. The van der Waals surface area contributed by atoms with Crippen LogP contribution in [0.5, 0.6) is 5.75 Å². The Labute approximate surface area is 225 Å². The zero-order valence-corrected chi connectivity index (χ0v) is 22.0. The van der Waals surface area contributed by atoms with Crippen LogP contribution in [0.3, 0.4) is 0 Å². The lowest BCUT2D eigenvalue weighted by Gasteiger charge is -2.52. The molecule has 39 heavy (non-hydrogen) atoms. The molecule has 2 aliphatic rings. The first-order chi connectivity index (χ1) is 18.6. The summed E-state index contributed by atoms with van der Waals surface area (Å²) in [6.45, 7) is 4.04. The van der Waals surface area contributed by atoms with E-state index in [1.165, 1.54) is 13.8 Å². The van der Waals surface area contributed by atoms with Crippen LogP contribution in [0.15, 0.2) is 48.5 Å². The molecule has 2 aromatic carbocycles. The molecule has 1 fully saturated rings. The molecule has 0 bridgehead atoms. The molecule has 2 aromatic rings. The van der Waals surface area contributed by atoms with Crippen LogP contribution in [0.2, 0.25) is 0 Å². The van der Waals surface area contributed by atoms with Crippen LogP contribution in [0, 0.1) is 0 Å². The van der Waals surface area contributed by atoms with Gasteiger partial charge >= 0.3 is 23.9 Å². The number of hydrogen-bond donors (Lipinski definition) is 0. The van der Waals surface area contributed by atoms with Gasteiger partial charge in [0.15, 0.2) is 19.0 Å². The van der Waals surface area contributed by atoms with E-state index in [9.17, 15) is 19.2 Å². The van der Waals surface area contributed by atoms with Gasteiger partial charge in [0.05, 0.1) is 5.56 Å². The number of carbonyl (C=O) groups is 4. The largest absolute Gasteiger partial charge is 0.467 e. The Bertz CT molecular complexity index is 1230. The van der Waals surface area contributed by atoms with Crippen molar-refractivity contribution < 1.29 is 52.3 Å². The Balaban J connectivity index is 1.86. The quantitative estimate of drug-likeness (QED) is 0.378. The second kappa shape index (κ2) is 11.8. The topological polar surface area (TPSA) is 133 Å². The number of benzene rings is 2. The number of fused-ring (bicyclic) bond motifs is 2. The first-order valence-electron chi connectivity index (χ1n) is 12.4. The van der Waals surface area contributed by atoms with Crippen molar-refractivity contribution in [2.24, 2.45) is 0 Å². The minimum absolute atomic E-state index is 0.298. The third kappa shape index (κ3) is 6.37. The molecule has 11 nitrogen and oxygen atoms in total. The minimum atomic E-state index is -1.87. The first kappa shape index (κ1) is 28.1. The van der Waals surface area contributed by atoms with E-state index >= 15 is 0 Å². The predicted molar refractivity (Wildman–Crippen MR) is 132 cm³/mol. The van der Waals surface area contributed by atoms with Crippen molar-refractivity contribution in [2.75, 3.05) is 13.4 Å². The van der Waals surface area contributed by atoms with Gasteiger partial charge in [-0.1, -0.05) is 36.4 Å². The number of ether oxygens (including phenoxy) is 7. The SMILES string of the molecule is CC(=O)OC[C@H]1O[C@]2(OCOc3ccc(Cc4ccccc4)cc32)[C@H](OC(C)=O)[C@@H](OC(C)=O)[C@@H]1OC(C)=O. The molecule has 0 saturated carbocycles. The van der Waals surface area contributed by atoms with E-state index < -0.39 is 54.1 Å². The average molecular weight is 543 g/mol. The molecular formula is C28H30O11. The molecule has 0 aromatic heterocycles. The van der Waals surface area contributed by atoms with Crippen molar-refractivity contribution in [3.63, 3.8) is 0 Å². The molecule has 2 heterocycles. The van der Waals surface area contributed by atoms with Crippen molar-refractivity contribution in [3.05, 3.63) is 65.2 Å². The van der Waals surface area contributed by atoms with E-state index in [1.807, 2.05) is 36.4 Å². The second-order valence-corrected chi connectivity index (χ2v) is 9.20. The highest BCUT2D eigenvalue weighted by molar-refractivity contribution is 5.69. The van der Waals surface area contributed by atoms with Crippen LogP contribution in [-0.2, 0) is 59.8 Å². The summed E-state index contributed by atoms with van der Waals surface area (Å²) >= 11 is 0. The lowest BCUT2D eigenvalue weighted by molar-refractivity contribution is -0.390. The number of rotatable bonds is 7.